The number of carbonyl (C=O) groups excluding carboxylic acids is 1. The summed E-state index contributed by atoms with van der Waals surface area (Å²) < 4.78 is 37.1. The Balaban J connectivity index is 1.39. The molecule has 0 aromatic heterocycles. The van der Waals surface area contributed by atoms with Crippen LogP contribution in [0.5, 0.6) is 17.2 Å². The third-order valence-electron chi connectivity index (χ3n) is 4.98. The van der Waals surface area contributed by atoms with Crippen molar-refractivity contribution in [1.82, 2.24) is 0 Å². The zero-order valence-corrected chi connectivity index (χ0v) is 17.8. The van der Waals surface area contributed by atoms with Crippen LogP contribution in [0.25, 0.3) is 6.08 Å². The average Bonchev–Trinajstić information content (AvgIpc) is 3.07. The Hall–Kier alpha value is -3.16. The quantitative estimate of drug-likeness (QED) is 0.449. The highest BCUT2D eigenvalue weighted by molar-refractivity contribution is 9.10. The van der Waals surface area contributed by atoms with Crippen molar-refractivity contribution in [3.63, 3.8) is 0 Å². The third-order valence-corrected chi connectivity index (χ3v) is 5.44. The highest BCUT2D eigenvalue weighted by Gasteiger charge is 2.28. The molecule has 0 bridgehead atoms. The second kappa shape index (κ2) is 8.17. The Morgan fingerprint density at radius 2 is 2.00 bits per heavy atom. The summed E-state index contributed by atoms with van der Waals surface area (Å²) in [5.74, 6) is 1.19. The molecule has 0 unspecified atom stereocenters. The maximum absolute atomic E-state index is 13.8. The number of ether oxygens (including phenoxy) is 4. The zero-order chi connectivity index (χ0) is 21.4. The first kappa shape index (κ1) is 19.8. The largest absolute Gasteiger partial charge is 0.489 e. The van der Waals surface area contributed by atoms with Crippen LogP contribution < -0.4 is 14.2 Å². The lowest BCUT2D eigenvalue weighted by Gasteiger charge is -2.20. The molecule has 0 N–H and O–H groups in total. The van der Waals surface area contributed by atoms with Gasteiger partial charge in [-0.2, -0.15) is 0 Å². The van der Waals surface area contributed by atoms with Crippen LogP contribution in [-0.2, 0) is 18.0 Å². The molecule has 0 spiro atoms. The van der Waals surface area contributed by atoms with Gasteiger partial charge in [-0.25, -0.2) is 4.39 Å². The van der Waals surface area contributed by atoms with Gasteiger partial charge >= 0.3 is 0 Å². The number of halogens is 2. The van der Waals surface area contributed by atoms with Gasteiger partial charge in [-0.3, -0.25) is 4.79 Å². The molecule has 0 amide bonds. The van der Waals surface area contributed by atoms with Crippen LogP contribution in [-0.4, -0.2) is 12.6 Å². The number of benzene rings is 3. The van der Waals surface area contributed by atoms with Crippen molar-refractivity contribution >= 4 is 27.8 Å². The van der Waals surface area contributed by atoms with Gasteiger partial charge in [0.15, 0.2) is 12.6 Å². The number of rotatable bonds is 4. The Bertz CT molecular complexity index is 1220. The average molecular weight is 483 g/mol. The van der Waals surface area contributed by atoms with Gasteiger partial charge in [-0.05, 0) is 36.4 Å². The van der Waals surface area contributed by atoms with Crippen molar-refractivity contribution in [2.45, 2.75) is 13.2 Å². The fourth-order valence-electron chi connectivity index (χ4n) is 3.49. The fourth-order valence-corrected chi connectivity index (χ4v) is 4.01. The molecule has 31 heavy (non-hydrogen) atoms. The van der Waals surface area contributed by atoms with E-state index in [0.29, 0.717) is 35.0 Å². The van der Waals surface area contributed by atoms with Crippen LogP contribution in [0, 0.1) is 5.82 Å². The van der Waals surface area contributed by atoms with Crippen molar-refractivity contribution < 1.29 is 28.1 Å². The molecular formula is C24H16BrFO5. The van der Waals surface area contributed by atoms with Crippen molar-refractivity contribution in [1.29, 1.82) is 0 Å². The van der Waals surface area contributed by atoms with Gasteiger partial charge < -0.3 is 18.9 Å². The van der Waals surface area contributed by atoms with E-state index in [1.165, 1.54) is 6.07 Å². The first-order valence-corrected chi connectivity index (χ1v) is 10.4. The third kappa shape index (κ3) is 3.94. The Morgan fingerprint density at radius 1 is 1.13 bits per heavy atom. The summed E-state index contributed by atoms with van der Waals surface area (Å²) in [5.41, 5.74) is 2.50. The standard InChI is InChI=1S/C24H16BrFO5/c25-17-7-15(24-16(8-17)11-28-13-30-24)9-22-23(27)19-6-5-18(10-21(19)31-22)29-12-14-3-1-2-4-20(14)26/h1-10H,11-13H2. The zero-order valence-electron chi connectivity index (χ0n) is 16.2. The maximum Gasteiger partial charge on any atom is 0.231 e. The number of Topliss-reactive ketones (excluding diaryl/α,β-unsaturated/α-hetero) is 1. The fraction of sp³-hybridized carbons (Fsp3) is 0.125. The van der Waals surface area contributed by atoms with Crippen LogP contribution in [0.15, 0.2) is 64.8 Å². The SMILES string of the molecule is O=C1C(=Cc2cc(Br)cc3c2OCOC3)Oc2cc(OCc3ccccc3F)ccc21. The minimum absolute atomic E-state index is 0.0751. The van der Waals surface area contributed by atoms with Gasteiger partial charge in [0.1, 0.15) is 29.7 Å². The van der Waals surface area contributed by atoms with Crippen LogP contribution >= 0.6 is 15.9 Å². The van der Waals surface area contributed by atoms with Gasteiger partial charge in [-0.1, -0.05) is 34.1 Å². The number of allylic oxidation sites excluding steroid dienone is 1. The minimum atomic E-state index is -0.328. The predicted molar refractivity (Wildman–Crippen MR) is 115 cm³/mol. The van der Waals surface area contributed by atoms with Crippen LogP contribution in [0.1, 0.15) is 27.0 Å². The predicted octanol–water partition coefficient (Wildman–Crippen LogP) is 5.65. The molecule has 2 aliphatic rings. The number of hydrogen-bond acceptors (Lipinski definition) is 5. The number of carbonyl (C=O) groups is 1. The lowest BCUT2D eigenvalue weighted by molar-refractivity contribution is -0.0165. The molecule has 5 rings (SSSR count). The van der Waals surface area contributed by atoms with Crippen molar-refractivity contribution in [3.8, 4) is 17.2 Å². The first-order valence-electron chi connectivity index (χ1n) is 9.56. The Kier molecular flexibility index (Phi) is 5.21. The molecule has 0 aliphatic carbocycles. The molecule has 156 valence electrons. The first-order chi connectivity index (χ1) is 15.1. The van der Waals surface area contributed by atoms with E-state index in [9.17, 15) is 9.18 Å². The van der Waals surface area contributed by atoms with Gasteiger partial charge in [0.05, 0.1) is 12.2 Å². The summed E-state index contributed by atoms with van der Waals surface area (Å²) in [6.07, 6.45) is 1.66. The summed E-state index contributed by atoms with van der Waals surface area (Å²) in [6.45, 7) is 0.664. The molecule has 3 aromatic rings. The van der Waals surface area contributed by atoms with E-state index in [2.05, 4.69) is 15.9 Å². The lowest BCUT2D eigenvalue weighted by Crippen LogP contribution is -2.12. The topological polar surface area (TPSA) is 54.0 Å². The molecule has 2 aliphatic heterocycles. The summed E-state index contributed by atoms with van der Waals surface area (Å²) in [6, 6.07) is 15.2. The highest BCUT2D eigenvalue weighted by Crippen LogP contribution is 2.38. The molecular weight excluding hydrogens is 467 g/mol. The van der Waals surface area contributed by atoms with E-state index in [-0.39, 0.29) is 30.8 Å². The number of fused-ring (bicyclic) bond motifs is 2. The van der Waals surface area contributed by atoms with Crippen molar-refractivity contribution in [3.05, 3.63) is 92.9 Å². The monoisotopic (exact) mass is 482 g/mol. The number of ketones is 1. The van der Waals surface area contributed by atoms with Crippen LogP contribution in [0.3, 0.4) is 0 Å². The van der Waals surface area contributed by atoms with Crippen LogP contribution in [0.2, 0.25) is 0 Å². The summed E-state index contributed by atoms with van der Waals surface area (Å²) >= 11 is 3.48. The maximum atomic E-state index is 13.8. The van der Waals surface area contributed by atoms with E-state index < -0.39 is 0 Å². The Morgan fingerprint density at radius 3 is 2.87 bits per heavy atom. The van der Waals surface area contributed by atoms with E-state index in [1.54, 1.807) is 42.5 Å². The van der Waals surface area contributed by atoms with Gasteiger partial charge in [0, 0.05) is 27.2 Å². The second-order valence-electron chi connectivity index (χ2n) is 7.07. The van der Waals surface area contributed by atoms with Crippen molar-refractivity contribution in [2.24, 2.45) is 0 Å². The molecule has 0 atom stereocenters. The van der Waals surface area contributed by atoms with Crippen molar-refractivity contribution in [2.75, 3.05) is 6.79 Å². The molecule has 5 nitrogen and oxygen atoms in total. The van der Waals surface area contributed by atoms with Gasteiger partial charge in [0.25, 0.3) is 0 Å². The Labute approximate surface area is 186 Å². The molecule has 0 saturated heterocycles. The van der Waals surface area contributed by atoms with Crippen LogP contribution in [0.4, 0.5) is 4.39 Å². The molecule has 7 heteroatoms. The van der Waals surface area contributed by atoms with Gasteiger partial charge in [0.2, 0.25) is 5.78 Å². The van der Waals surface area contributed by atoms with E-state index in [1.807, 2.05) is 12.1 Å². The smallest absolute Gasteiger partial charge is 0.231 e. The molecule has 0 radical (unpaired) electrons. The lowest BCUT2D eigenvalue weighted by atomic mass is 10.1. The summed E-state index contributed by atoms with van der Waals surface area (Å²) in [4.78, 5) is 12.8. The van der Waals surface area contributed by atoms with E-state index >= 15 is 0 Å². The molecule has 0 saturated carbocycles. The normalized spacial score (nSPS) is 15.8. The van der Waals surface area contributed by atoms with E-state index in [0.717, 1.165) is 15.6 Å². The number of hydrogen-bond donors (Lipinski definition) is 0. The van der Waals surface area contributed by atoms with E-state index in [4.69, 9.17) is 18.9 Å². The molecule has 3 aromatic carbocycles. The molecule has 0 fully saturated rings. The summed E-state index contributed by atoms with van der Waals surface area (Å²) in [5, 5.41) is 0. The second-order valence-corrected chi connectivity index (χ2v) is 7.99. The molecule has 2 heterocycles. The van der Waals surface area contributed by atoms with Gasteiger partial charge in [-0.15, -0.1) is 0 Å². The highest BCUT2D eigenvalue weighted by atomic mass is 79.9. The summed E-state index contributed by atoms with van der Waals surface area (Å²) in [7, 11) is 0. The minimum Gasteiger partial charge on any atom is -0.489 e.